The molecule has 2 rings (SSSR count). The molecule has 0 fully saturated rings. The van der Waals surface area contributed by atoms with Crippen molar-refractivity contribution in [3.8, 4) is 5.75 Å². The fourth-order valence-electron chi connectivity index (χ4n) is 1.85. The van der Waals surface area contributed by atoms with Gasteiger partial charge in [-0.1, -0.05) is 0 Å². The van der Waals surface area contributed by atoms with E-state index in [4.69, 9.17) is 4.74 Å². The normalized spacial score (nSPS) is 10.0. The molecule has 0 atom stereocenters. The maximum absolute atomic E-state index is 12.6. The summed E-state index contributed by atoms with van der Waals surface area (Å²) in [4.78, 5) is 42.7. The highest BCUT2D eigenvalue weighted by Crippen LogP contribution is 2.16. The summed E-state index contributed by atoms with van der Waals surface area (Å²) in [6.45, 7) is -0.363. The van der Waals surface area contributed by atoms with Crippen LogP contribution < -0.4 is 15.3 Å². The van der Waals surface area contributed by atoms with E-state index in [1.165, 1.54) is 26.5 Å². The first kappa shape index (κ1) is 16.2. The van der Waals surface area contributed by atoms with E-state index in [1.54, 1.807) is 24.3 Å². The Labute approximate surface area is 131 Å². The Morgan fingerprint density at radius 1 is 1.17 bits per heavy atom. The van der Waals surface area contributed by atoms with Gasteiger partial charge in [-0.15, -0.1) is 0 Å². The third-order valence-electron chi connectivity index (χ3n) is 3.03. The number of benzene rings is 1. The molecule has 23 heavy (non-hydrogen) atoms. The number of amides is 1. The lowest BCUT2D eigenvalue weighted by Crippen LogP contribution is -2.37. The molecule has 1 amide bonds. The Balaban J connectivity index is 2.37. The minimum absolute atomic E-state index is 0.0555. The molecule has 0 aliphatic carbocycles. The summed E-state index contributed by atoms with van der Waals surface area (Å²) in [7, 11) is 2.73. The zero-order chi connectivity index (χ0) is 16.8. The SMILES string of the molecule is COC(=O)CN(C(=O)c1ccc(OC)cc1)c1cc[nH]c(=O)n1. The second-order valence-corrected chi connectivity index (χ2v) is 4.45. The molecule has 0 aliphatic rings. The van der Waals surface area contributed by atoms with Crippen LogP contribution in [0.4, 0.5) is 5.82 Å². The molecule has 1 heterocycles. The van der Waals surface area contributed by atoms with Crippen molar-refractivity contribution in [1.82, 2.24) is 9.97 Å². The number of rotatable bonds is 5. The van der Waals surface area contributed by atoms with Gasteiger partial charge < -0.3 is 14.5 Å². The van der Waals surface area contributed by atoms with Crippen LogP contribution in [0.3, 0.4) is 0 Å². The minimum Gasteiger partial charge on any atom is -0.497 e. The molecule has 2 aromatic rings. The van der Waals surface area contributed by atoms with Crippen molar-refractivity contribution in [2.75, 3.05) is 25.7 Å². The van der Waals surface area contributed by atoms with Crippen molar-refractivity contribution in [2.24, 2.45) is 0 Å². The van der Waals surface area contributed by atoms with Crippen LogP contribution in [0, 0.1) is 0 Å². The number of nitrogens with zero attached hydrogens (tertiary/aromatic N) is 2. The Bertz CT molecular complexity index is 754. The fraction of sp³-hybridized carbons (Fsp3) is 0.200. The topological polar surface area (TPSA) is 102 Å². The van der Waals surface area contributed by atoms with Crippen molar-refractivity contribution >= 4 is 17.7 Å². The molecule has 8 heteroatoms. The first-order valence-electron chi connectivity index (χ1n) is 6.63. The van der Waals surface area contributed by atoms with Crippen molar-refractivity contribution < 1.29 is 19.1 Å². The van der Waals surface area contributed by atoms with E-state index >= 15 is 0 Å². The van der Waals surface area contributed by atoms with Crippen LogP contribution in [0.5, 0.6) is 5.75 Å². The highest BCUT2D eigenvalue weighted by Gasteiger charge is 2.22. The molecule has 0 saturated heterocycles. The van der Waals surface area contributed by atoms with Gasteiger partial charge in [-0.05, 0) is 30.3 Å². The first-order valence-corrected chi connectivity index (χ1v) is 6.63. The number of aromatic nitrogens is 2. The monoisotopic (exact) mass is 317 g/mol. The number of hydrogen-bond acceptors (Lipinski definition) is 6. The van der Waals surface area contributed by atoms with Gasteiger partial charge in [0.2, 0.25) is 0 Å². The smallest absolute Gasteiger partial charge is 0.346 e. The largest absolute Gasteiger partial charge is 0.497 e. The molecule has 0 bridgehead atoms. The zero-order valence-corrected chi connectivity index (χ0v) is 12.6. The molecular formula is C15H15N3O5. The standard InChI is InChI=1S/C15H15N3O5/c1-22-11-5-3-10(4-6-11)14(20)18(9-13(19)23-2)12-7-8-16-15(21)17-12/h3-8H,9H2,1-2H3,(H,16,17,21). The van der Waals surface area contributed by atoms with Gasteiger partial charge in [-0.3, -0.25) is 14.5 Å². The van der Waals surface area contributed by atoms with Crippen molar-refractivity contribution in [1.29, 1.82) is 0 Å². The van der Waals surface area contributed by atoms with E-state index in [0.717, 1.165) is 4.90 Å². The molecule has 1 N–H and O–H groups in total. The van der Waals surface area contributed by atoms with Gasteiger partial charge in [0, 0.05) is 11.8 Å². The van der Waals surface area contributed by atoms with E-state index in [0.29, 0.717) is 11.3 Å². The zero-order valence-electron chi connectivity index (χ0n) is 12.6. The molecule has 0 aliphatic heterocycles. The van der Waals surface area contributed by atoms with Gasteiger partial charge in [-0.25, -0.2) is 4.79 Å². The predicted octanol–water partition coefficient (Wildman–Crippen LogP) is 0.598. The number of carbonyl (C=O) groups is 2. The number of esters is 1. The number of ether oxygens (including phenoxy) is 2. The van der Waals surface area contributed by atoms with E-state index < -0.39 is 17.6 Å². The maximum atomic E-state index is 12.6. The minimum atomic E-state index is -0.631. The fourth-order valence-corrected chi connectivity index (χ4v) is 1.85. The van der Waals surface area contributed by atoms with Crippen LogP contribution in [0.15, 0.2) is 41.3 Å². The number of hydrogen-bond donors (Lipinski definition) is 1. The van der Waals surface area contributed by atoms with Crippen LogP contribution in [-0.4, -0.2) is 42.6 Å². The van der Waals surface area contributed by atoms with Crippen LogP contribution in [-0.2, 0) is 9.53 Å². The number of methoxy groups -OCH3 is 2. The number of H-pyrrole nitrogens is 1. The van der Waals surface area contributed by atoms with Gasteiger partial charge >= 0.3 is 11.7 Å². The average Bonchev–Trinajstić information content (AvgIpc) is 2.59. The molecule has 120 valence electrons. The number of nitrogens with one attached hydrogen (secondary N) is 1. The molecule has 1 aromatic carbocycles. The third-order valence-corrected chi connectivity index (χ3v) is 3.03. The van der Waals surface area contributed by atoms with E-state index in [9.17, 15) is 14.4 Å². The quantitative estimate of drug-likeness (QED) is 0.810. The number of carbonyl (C=O) groups excluding carboxylic acids is 2. The lowest BCUT2D eigenvalue weighted by Gasteiger charge is -2.20. The van der Waals surface area contributed by atoms with E-state index in [1.807, 2.05) is 0 Å². The summed E-state index contributed by atoms with van der Waals surface area (Å²) in [6.07, 6.45) is 1.34. The molecule has 0 radical (unpaired) electrons. The third kappa shape index (κ3) is 3.94. The summed E-state index contributed by atoms with van der Waals surface area (Å²) in [5.74, 6) is -0.472. The highest BCUT2D eigenvalue weighted by molar-refractivity contribution is 6.07. The second kappa shape index (κ2) is 7.21. The summed E-state index contributed by atoms with van der Waals surface area (Å²) in [6, 6.07) is 7.77. The van der Waals surface area contributed by atoms with Gasteiger partial charge in [0.15, 0.2) is 0 Å². The van der Waals surface area contributed by atoms with Gasteiger partial charge in [-0.2, -0.15) is 4.98 Å². The summed E-state index contributed by atoms with van der Waals surface area (Å²) >= 11 is 0. The van der Waals surface area contributed by atoms with Crippen LogP contribution in [0.1, 0.15) is 10.4 Å². The Hall–Kier alpha value is -3.16. The second-order valence-electron chi connectivity index (χ2n) is 4.45. The summed E-state index contributed by atoms with van der Waals surface area (Å²) in [5, 5.41) is 0. The van der Waals surface area contributed by atoms with Gasteiger partial charge in [0.1, 0.15) is 18.1 Å². The lowest BCUT2D eigenvalue weighted by atomic mass is 10.2. The Kier molecular flexibility index (Phi) is 5.08. The summed E-state index contributed by atoms with van der Waals surface area (Å²) < 4.78 is 9.62. The lowest BCUT2D eigenvalue weighted by molar-refractivity contribution is -0.138. The first-order chi connectivity index (χ1) is 11.0. The van der Waals surface area contributed by atoms with Crippen LogP contribution in [0.2, 0.25) is 0 Å². The average molecular weight is 317 g/mol. The molecule has 8 nitrogen and oxygen atoms in total. The molecule has 0 saturated carbocycles. The van der Waals surface area contributed by atoms with E-state index in [2.05, 4.69) is 14.7 Å². The Morgan fingerprint density at radius 2 is 1.87 bits per heavy atom. The Morgan fingerprint density at radius 3 is 2.43 bits per heavy atom. The highest BCUT2D eigenvalue weighted by atomic mass is 16.5. The van der Waals surface area contributed by atoms with Crippen LogP contribution in [0.25, 0.3) is 0 Å². The van der Waals surface area contributed by atoms with Crippen molar-refractivity contribution in [3.63, 3.8) is 0 Å². The van der Waals surface area contributed by atoms with Gasteiger partial charge in [0.25, 0.3) is 5.91 Å². The van der Waals surface area contributed by atoms with Crippen molar-refractivity contribution in [2.45, 2.75) is 0 Å². The predicted molar refractivity (Wildman–Crippen MR) is 81.5 cm³/mol. The van der Waals surface area contributed by atoms with E-state index in [-0.39, 0.29) is 12.4 Å². The van der Waals surface area contributed by atoms with Crippen LogP contribution >= 0.6 is 0 Å². The number of anilines is 1. The summed E-state index contributed by atoms with van der Waals surface area (Å²) in [5.41, 5.74) is -0.309. The molecule has 0 spiro atoms. The molecular weight excluding hydrogens is 302 g/mol. The molecule has 1 aromatic heterocycles. The number of aromatic amines is 1. The maximum Gasteiger partial charge on any atom is 0.346 e. The molecule has 0 unspecified atom stereocenters. The van der Waals surface area contributed by atoms with Crippen molar-refractivity contribution in [3.05, 3.63) is 52.6 Å². The van der Waals surface area contributed by atoms with Gasteiger partial charge in [0.05, 0.1) is 14.2 Å².